The minimum Gasteiger partial charge on any atom is -0.744 e. The molecule has 0 atom stereocenters. The smallest absolute Gasteiger partial charge is 0.744 e. The van der Waals surface area contributed by atoms with E-state index >= 15 is 0 Å². The Labute approximate surface area is 285 Å². The molecule has 0 spiro atoms. The number of carboxylic acid groups (broad SMARTS) is 1. The SMILES string of the molecule is CSOO[O-].Cc1[nH]c2nc3ccccc3n2c(=O)c1N=Nc1ccc(S(=O)(=O)[O-])cc1C(=O)[O-].[Na+].[Na+].[Na+]. The molecular formula is C19H14N5Na3O9S2. The van der Waals surface area contributed by atoms with Gasteiger partial charge in [-0.3, -0.25) is 9.83 Å². The molecule has 4 rings (SSSR count). The van der Waals surface area contributed by atoms with Crippen LogP contribution in [0.2, 0.25) is 0 Å². The Morgan fingerprint density at radius 3 is 2.34 bits per heavy atom. The van der Waals surface area contributed by atoms with Crippen molar-refractivity contribution in [1.29, 1.82) is 0 Å². The molecule has 0 aliphatic heterocycles. The molecule has 0 unspecified atom stereocenters. The summed E-state index contributed by atoms with van der Waals surface area (Å²) < 4.78 is 38.4. The number of hydrogen-bond acceptors (Lipinski definition) is 13. The standard InChI is InChI=1S/C18H13N5O6S.CH4O3S.3Na/c1-9-15(16(24)23-14-5-3-2-4-13(14)20-18(23)19-9)22-21-12-7-6-10(30(27,28)29)8-11(12)17(25)26;1-5-4-3-2;;;/h2-8H,1H3,(H,19,20)(H,25,26)(H,27,28,29);2H,1H3;;;/q;;3*+1/p-3. The molecule has 2 aromatic heterocycles. The van der Waals surface area contributed by atoms with Crippen molar-refractivity contribution >= 4 is 56.3 Å². The number of aromatic carboxylic acids is 1. The zero-order valence-corrected chi connectivity index (χ0v) is 28.5. The summed E-state index contributed by atoms with van der Waals surface area (Å²) in [5.74, 6) is -1.45. The number of aryl methyl sites for hydroxylation is 1. The first-order valence-electron chi connectivity index (χ1n) is 9.31. The average Bonchev–Trinajstić information content (AvgIpc) is 3.17. The molecule has 0 radical (unpaired) electrons. The van der Waals surface area contributed by atoms with Crippen LogP contribution < -0.4 is 105 Å². The van der Waals surface area contributed by atoms with Crippen molar-refractivity contribution in [3.05, 3.63) is 64.1 Å². The maximum absolute atomic E-state index is 12.9. The van der Waals surface area contributed by atoms with Gasteiger partial charge in [-0.1, -0.05) is 12.1 Å². The Morgan fingerprint density at radius 2 is 1.79 bits per heavy atom. The number of nitrogens with zero attached hydrogens (tertiary/aromatic N) is 4. The average molecular weight is 589 g/mol. The Morgan fingerprint density at radius 1 is 1.13 bits per heavy atom. The minimum absolute atomic E-state index is 0. The number of fused-ring (bicyclic) bond motifs is 3. The molecule has 0 amide bonds. The van der Waals surface area contributed by atoms with Crippen LogP contribution in [0.3, 0.4) is 0 Å². The molecular weight excluding hydrogens is 575 g/mol. The van der Waals surface area contributed by atoms with Crippen LogP contribution in [0.25, 0.3) is 16.8 Å². The number of H-pyrrole nitrogens is 1. The van der Waals surface area contributed by atoms with E-state index in [0.717, 1.165) is 24.2 Å². The van der Waals surface area contributed by atoms with Crippen molar-refractivity contribution in [3.8, 4) is 0 Å². The van der Waals surface area contributed by atoms with Gasteiger partial charge in [0, 0.05) is 29.6 Å². The molecule has 1 N–H and O–H groups in total. The number of carboxylic acids is 1. The summed E-state index contributed by atoms with van der Waals surface area (Å²) in [4.78, 5) is 30.8. The molecule has 0 aliphatic rings. The van der Waals surface area contributed by atoms with Crippen LogP contribution in [0, 0.1) is 6.92 Å². The molecule has 2 aromatic carbocycles. The van der Waals surface area contributed by atoms with E-state index < -0.39 is 32.1 Å². The molecule has 0 saturated heterocycles. The summed E-state index contributed by atoms with van der Waals surface area (Å²) in [5.41, 5.74) is -0.0995. The molecule has 38 heavy (non-hydrogen) atoms. The van der Waals surface area contributed by atoms with E-state index in [1.165, 1.54) is 4.40 Å². The maximum Gasteiger partial charge on any atom is 1.00 e. The fraction of sp³-hybridized carbons (Fsp3) is 0.105. The Bertz CT molecular complexity index is 1610. The van der Waals surface area contributed by atoms with E-state index in [4.69, 9.17) is 5.26 Å². The van der Waals surface area contributed by atoms with Gasteiger partial charge in [0.2, 0.25) is 5.78 Å². The van der Waals surface area contributed by atoms with Crippen molar-refractivity contribution in [2.45, 2.75) is 11.8 Å². The van der Waals surface area contributed by atoms with E-state index in [-0.39, 0.29) is 100 Å². The number of imidazole rings is 1. The van der Waals surface area contributed by atoms with E-state index in [1.54, 1.807) is 37.4 Å². The number of rotatable bonds is 6. The van der Waals surface area contributed by atoms with Crippen LogP contribution in [0.4, 0.5) is 11.4 Å². The number of nitrogens with one attached hydrogen (secondary N) is 1. The van der Waals surface area contributed by atoms with E-state index in [1.807, 2.05) is 0 Å². The van der Waals surface area contributed by atoms with Crippen molar-refractivity contribution < 1.29 is 126 Å². The summed E-state index contributed by atoms with van der Waals surface area (Å²) in [6, 6.07) is 9.49. The predicted octanol–water partition coefficient (Wildman–Crippen LogP) is -8.33. The van der Waals surface area contributed by atoms with Gasteiger partial charge < -0.3 is 24.7 Å². The summed E-state index contributed by atoms with van der Waals surface area (Å²) in [6.07, 6.45) is 1.58. The fourth-order valence-corrected chi connectivity index (χ4v) is 3.53. The fourth-order valence-electron chi connectivity index (χ4n) is 2.98. The molecule has 4 aromatic rings. The quantitative estimate of drug-likeness (QED) is 0.0557. The second kappa shape index (κ2) is 16.6. The Hall–Kier alpha value is -0.670. The molecule has 19 heteroatoms. The number of benzene rings is 2. The molecule has 14 nitrogen and oxygen atoms in total. The molecule has 0 saturated carbocycles. The Kier molecular flexibility index (Phi) is 16.3. The first-order chi connectivity index (χ1) is 16.6. The summed E-state index contributed by atoms with van der Waals surface area (Å²) in [6.45, 7) is 1.57. The van der Waals surface area contributed by atoms with Gasteiger partial charge in [-0.05, 0) is 37.3 Å². The van der Waals surface area contributed by atoms with Crippen LogP contribution in [-0.2, 0) is 19.5 Å². The largest absolute Gasteiger partial charge is 1.00 e. The zero-order valence-electron chi connectivity index (χ0n) is 20.8. The molecule has 0 fully saturated rings. The van der Waals surface area contributed by atoms with Gasteiger partial charge in [-0.25, -0.2) is 17.8 Å². The summed E-state index contributed by atoms with van der Waals surface area (Å²) in [5, 5.41) is 30.7. The maximum atomic E-state index is 12.9. The minimum atomic E-state index is -4.87. The second-order valence-electron chi connectivity index (χ2n) is 6.59. The first kappa shape index (κ1) is 37.3. The van der Waals surface area contributed by atoms with Crippen molar-refractivity contribution in [2.24, 2.45) is 10.2 Å². The van der Waals surface area contributed by atoms with Crippen LogP contribution in [0.5, 0.6) is 0 Å². The normalized spacial score (nSPS) is 10.7. The number of aromatic amines is 1. The van der Waals surface area contributed by atoms with Crippen molar-refractivity contribution in [3.63, 3.8) is 0 Å². The summed E-state index contributed by atoms with van der Waals surface area (Å²) in [7, 11) is -4.87. The molecule has 0 bridgehead atoms. The van der Waals surface area contributed by atoms with Gasteiger partial charge in [0.25, 0.3) is 5.56 Å². The number of carbonyl (C=O) groups excluding carboxylic acids is 1. The molecule has 184 valence electrons. The third-order valence-corrected chi connectivity index (χ3v) is 5.47. The number of para-hydroxylation sites is 2. The predicted molar refractivity (Wildman–Crippen MR) is 117 cm³/mol. The van der Waals surface area contributed by atoms with Gasteiger partial charge in [0.1, 0.15) is 10.1 Å². The van der Waals surface area contributed by atoms with Gasteiger partial charge in [0.05, 0.1) is 27.6 Å². The zero-order chi connectivity index (χ0) is 25.8. The third-order valence-electron chi connectivity index (χ3n) is 4.45. The van der Waals surface area contributed by atoms with Crippen molar-refractivity contribution in [1.82, 2.24) is 14.4 Å². The molecule has 2 heterocycles. The number of carbonyl (C=O) groups is 1. The summed E-state index contributed by atoms with van der Waals surface area (Å²) >= 11 is 0.867. The van der Waals surface area contributed by atoms with E-state index in [0.29, 0.717) is 28.6 Å². The van der Waals surface area contributed by atoms with Gasteiger partial charge >= 0.3 is 88.7 Å². The molecule has 0 aliphatic carbocycles. The Balaban J connectivity index is 0.00000157. The van der Waals surface area contributed by atoms with E-state index in [2.05, 4.69) is 29.6 Å². The van der Waals surface area contributed by atoms with Gasteiger partial charge in [-0.2, -0.15) is 4.33 Å². The van der Waals surface area contributed by atoms with Crippen LogP contribution in [-0.4, -0.2) is 39.6 Å². The number of aromatic nitrogens is 3. The second-order valence-corrected chi connectivity index (χ2v) is 8.44. The van der Waals surface area contributed by atoms with Gasteiger partial charge in [-0.15, -0.1) is 10.2 Å². The number of hydrogen-bond donors (Lipinski definition) is 1. The third kappa shape index (κ3) is 8.92. The van der Waals surface area contributed by atoms with Gasteiger partial charge in [0.15, 0.2) is 5.69 Å². The van der Waals surface area contributed by atoms with Crippen molar-refractivity contribution in [2.75, 3.05) is 6.26 Å². The van der Waals surface area contributed by atoms with Crippen LogP contribution in [0.15, 0.2) is 62.4 Å². The van der Waals surface area contributed by atoms with Crippen LogP contribution in [0.1, 0.15) is 16.1 Å². The van der Waals surface area contributed by atoms with Crippen LogP contribution >= 0.6 is 12.0 Å². The first-order valence-corrected chi connectivity index (χ1v) is 11.9. The topological polar surface area (TPSA) is 214 Å². The van der Waals surface area contributed by atoms with E-state index in [9.17, 15) is 27.7 Å². The monoisotopic (exact) mass is 589 g/mol. The number of azo groups is 1.